The van der Waals surface area contributed by atoms with Gasteiger partial charge in [-0.05, 0) is 19.1 Å². The van der Waals surface area contributed by atoms with E-state index in [0.717, 1.165) is 0 Å². The number of para-hydroxylation sites is 1. The Kier molecular flexibility index (Phi) is 3.41. The Labute approximate surface area is 81.7 Å². The molecule has 0 spiro atoms. The molecule has 0 heterocycles. The number of halogens is 2. The molecule has 0 radical (unpaired) electrons. The molecule has 0 saturated heterocycles. The van der Waals surface area contributed by atoms with E-state index in [2.05, 4.69) is 0 Å². The molecule has 4 heteroatoms. The summed E-state index contributed by atoms with van der Waals surface area (Å²) in [5.74, 6) is -0.454. The van der Waals surface area contributed by atoms with Gasteiger partial charge in [-0.1, -0.05) is 12.1 Å². The van der Waals surface area contributed by atoms with E-state index in [-0.39, 0.29) is 18.9 Å². The average Bonchev–Trinajstić information content (AvgIpc) is 2.17. The summed E-state index contributed by atoms with van der Waals surface area (Å²) in [6.45, 7) is 0.916. The number of benzene rings is 1. The molecule has 1 rings (SSSR count). The van der Waals surface area contributed by atoms with Crippen LogP contribution in [0, 0.1) is 5.82 Å². The van der Waals surface area contributed by atoms with E-state index in [1.54, 1.807) is 12.1 Å². The molecule has 0 aliphatic carbocycles. The summed E-state index contributed by atoms with van der Waals surface area (Å²) in [5, 5.41) is 0. The first kappa shape index (κ1) is 10.9. The first-order chi connectivity index (χ1) is 6.55. The third kappa shape index (κ3) is 2.96. The van der Waals surface area contributed by atoms with Gasteiger partial charge in [0.05, 0.1) is 0 Å². The van der Waals surface area contributed by atoms with Crippen molar-refractivity contribution in [1.29, 1.82) is 0 Å². The Hall–Kier alpha value is -1.16. The minimum Gasteiger partial charge on any atom is -0.487 e. The Morgan fingerprint density at radius 1 is 1.43 bits per heavy atom. The molecule has 1 atom stereocenters. The number of ether oxygens (including phenoxy) is 1. The molecule has 78 valence electrons. The summed E-state index contributed by atoms with van der Waals surface area (Å²) in [6, 6.07) is 5.87. The maximum atomic E-state index is 13.3. The third-order valence-corrected chi connectivity index (χ3v) is 1.79. The van der Waals surface area contributed by atoms with Crippen LogP contribution < -0.4 is 10.5 Å². The molecule has 0 bridgehead atoms. The zero-order chi connectivity index (χ0) is 10.6. The second-order valence-electron chi connectivity index (χ2n) is 3.34. The van der Waals surface area contributed by atoms with Crippen molar-refractivity contribution in [2.24, 2.45) is 5.73 Å². The van der Waals surface area contributed by atoms with E-state index in [9.17, 15) is 8.78 Å². The number of hydrogen-bond acceptors (Lipinski definition) is 2. The molecule has 1 unspecified atom stereocenters. The summed E-state index contributed by atoms with van der Waals surface area (Å²) in [6.07, 6.45) is 0. The number of hydrogen-bond donors (Lipinski definition) is 1. The lowest BCUT2D eigenvalue weighted by Crippen LogP contribution is -2.35. The van der Waals surface area contributed by atoms with E-state index >= 15 is 0 Å². The SMILES string of the molecule is CC(F)(CN)COc1ccccc1F. The third-order valence-electron chi connectivity index (χ3n) is 1.79. The summed E-state index contributed by atoms with van der Waals surface area (Å²) >= 11 is 0. The van der Waals surface area contributed by atoms with E-state index in [1.165, 1.54) is 19.1 Å². The number of rotatable bonds is 4. The second-order valence-corrected chi connectivity index (χ2v) is 3.34. The van der Waals surface area contributed by atoms with Crippen LogP contribution >= 0.6 is 0 Å². The van der Waals surface area contributed by atoms with Crippen LogP contribution in [0.3, 0.4) is 0 Å². The van der Waals surface area contributed by atoms with E-state index in [4.69, 9.17) is 10.5 Å². The molecule has 14 heavy (non-hydrogen) atoms. The Balaban J connectivity index is 2.58. The van der Waals surface area contributed by atoms with Crippen molar-refractivity contribution >= 4 is 0 Å². The highest BCUT2D eigenvalue weighted by molar-refractivity contribution is 5.23. The fraction of sp³-hybridized carbons (Fsp3) is 0.400. The van der Waals surface area contributed by atoms with Gasteiger partial charge < -0.3 is 10.5 Å². The minimum atomic E-state index is -1.62. The van der Waals surface area contributed by atoms with Crippen molar-refractivity contribution in [1.82, 2.24) is 0 Å². The molecule has 2 N–H and O–H groups in total. The van der Waals surface area contributed by atoms with E-state index in [1.807, 2.05) is 0 Å². The van der Waals surface area contributed by atoms with Crippen LogP contribution in [0.15, 0.2) is 24.3 Å². The fourth-order valence-electron chi connectivity index (χ4n) is 0.849. The van der Waals surface area contributed by atoms with Crippen LogP contribution in [0.4, 0.5) is 8.78 Å². The van der Waals surface area contributed by atoms with Gasteiger partial charge >= 0.3 is 0 Å². The highest BCUT2D eigenvalue weighted by Gasteiger charge is 2.22. The van der Waals surface area contributed by atoms with Gasteiger partial charge in [0.25, 0.3) is 0 Å². The van der Waals surface area contributed by atoms with Crippen molar-refractivity contribution in [2.75, 3.05) is 13.2 Å². The molecule has 0 aromatic heterocycles. The smallest absolute Gasteiger partial charge is 0.165 e. The average molecular weight is 201 g/mol. The first-order valence-electron chi connectivity index (χ1n) is 4.31. The van der Waals surface area contributed by atoms with Crippen LogP contribution in [0.5, 0.6) is 5.75 Å². The zero-order valence-corrected chi connectivity index (χ0v) is 7.97. The molecule has 0 aliphatic rings. The molecule has 0 amide bonds. The lowest BCUT2D eigenvalue weighted by Gasteiger charge is -2.18. The van der Waals surface area contributed by atoms with Crippen molar-refractivity contribution in [3.63, 3.8) is 0 Å². The van der Waals surface area contributed by atoms with Gasteiger partial charge in [0.15, 0.2) is 17.2 Å². The molecular formula is C10H13F2NO. The van der Waals surface area contributed by atoms with Crippen LogP contribution in [0.25, 0.3) is 0 Å². The summed E-state index contributed by atoms with van der Waals surface area (Å²) in [4.78, 5) is 0. The normalized spacial score (nSPS) is 14.9. The summed E-state index contributed by atoms with van der Waals surface area (Å²) < 4.78 is 31.2. The first-order valence-corrected chi connectivity index (χ1v) is 4.31. The van der Waals surface area contributed by atoms with Crippen LogP contribution in [-0.2, 0) is 0 Å². The quantitative estimate of drug-likeness (QED) is 0.807. The standard InChI is InChI=1S/C10H13F2NO/c1-10(12,6-13)7-14-9-5-3-2-4-8(9)11/h2-5H,6-7,13H2,1H3. The topological polar surface area (TPSA) is 35.2 Å². The van der Waals surface area contributed by atoms with Crippen molar-refractivity contribution in [3.8, 4) is 5.75 Å². The highest BCUT2D eigenvalue weighted by Crippen LogP contribution is 2.18. The van der Waals surface area contributed by atoms with E-state index in [0.29, 0.717) is 0 Å². The molecular weight excluding hydrogens is 188 g/mol. The molecule has 0 fully saturated rings. The lowest BCUT2D eigenvalue weighted by molar-refractivity contribution is 0.107. The molecule has 0 aliphatic heterocycles. The monoisotopic (exact) mass is 201 g/mol. The van der Waals surface area contributed by atoms with Gasteiger partial charge in [0.1, 0.15) is 6.61 Å². The Bertz CT molecular complexity index is 302. The fourth-order valence-corrected chi connectivity index (χ4v) is 0.849. The predicted octanol–water partition coefficient (Wildman–Crippen LogP) is 1.89. The molecule has 1 aromatic carbocycles. The van der Waals surface area contributed by atoms with Crippen LogP contribution in [-0.4, -0.2) is 18.8 Å². The summed E-state index contributed by atoms with van der Waals surface area (Å²) in [7, 11) is 0. The van der Waals surface area contributed by atoms with Crippen molar-refractivity contribution in [2.45, 2.75) is 12.6 Å². The predicted molar refractivity (Wildman–Crippen MR) is 50.5 cm³/mol. The Morgan fingerprint density at radius 2 is 2.07 bits per heavy atom. The van der Waals surface area contributed by atoms with Crippen molar-refractivity contribution in [3.05, 3.63) is 30.1 Å². The minimum absolute atomic E-state index is 0.0461. The van der Waals surface area contributed by atoms with Gasteiger partial charge in [0, 0.05) is 6.54 Å². The molecule has 0 saturated carbocycles. The number of alkyl halides is 1. The molecule has 1 aromatic rings. The second kappa shape index (κ2) is 4.37. The molecule has 2 nitrogen and oxygen atoms in total. The number of nitrogens with two attached hydrogens (primary N) is 1. The largest absolute Gasteiger partial charge is 0.487 e. The zero-order valence-electron chi connectivity index (χ0n) is 7.97. The van der Waals surface area contributed by atoms with Crippen molar-refractivity contribution < 1.29 is 13.5 Å². The van der Waals surface area contributed by atoms with Crippen LogP contribution in [0.2, 0.25) is 0 Å². The summed E-state index contributed by atoms with van der Waals surface area (Å²) in [5.41, 5.74) is 3.54. The van der Waals surface area contributed by atoms with E-state index < -0.39 is 11.5 Å². The van der Waals surface area contributed by atoms with Gasteiger partial charge in [0.2, 0.25) is 0 Å². The van der Waals surface area contributed by atoms with Gasteiger partial charge in [-0.15, -0.1) is 0 Å². The van der Waals surface area contributed by atoms with Gasteiger partial charge in [-0.2, -0.15) is 0 Å². The maximum absolute atomic E-state index is 13.3. The van der Waals surface area contributed by atoms with Crippen LogP contribution in [0.1, 0.15) is 6.92 Å². The highest BCUT2D eigenvalue weighted by atomic mass is 19.1. The van der Waals surface area contributed by atoms with Gasteiger partial charge in [-0.25, -0.2) is 8.78 Å². The maximum Gasteiger partial charge on any atom is 0.165 e. The van der Waals surface area contributed by atoms with Gasteiger partial charge in [-0.3, -0.25) is 0 Å². The lowest BCUT2D eigenvalue weighted by atomic mass is 10.1. The Morgan fingerprint density at radius 3 is 2.64 bits per heavy atom.